The molecule has 1 aromatic rings. The number of nitrogens with one attached hydrogen (secondary N) is 1. The van der Waals surface area contributed by atoms with Gasteiger partial charge in [-0.05, 0) is 6.07 Å². The Morgan fingerprint density at radius 2 is 2.28 bits per heavy atom. The second-order valence-corrected chi connectivity index (χ2v) is 4.71. The molecule has 2 heterocycles. The van der Waals surface area contributed by atoms with Crippen LogP contribution >= 0.6 is 11.6 Å². The summed E-state index contributed by atoms with van der Waals surface area (Å²) in [4.78, 5) is 6.11. The monoisotopic (exact) mass is 271 g/mol. The van der Waals surface area contributed by atoms with Crippen LogP contribution in [0.15, 0.2) is 18.5 Å². The molecule has 5 nitrogen and oxygen atoms in total. The van der Waals surface area contributed by atoms with E-state index in [1.165, 1.54) is 0 Å². The van der Waals surface area contributed by atoms with Crippen LogP contribution in [0.2, 0.25) is 5.02 Å². The Labute approximate surface area is 112 Å². The maximum atomic E-state index is 9.95. The normalized spacial score (nSPS) is 18.6. The lowest BCUT2D eigenvalue weighted by atomic mass is 10.3. The smallest absolute Gasteiger partial charge is 0.0839 e. The second kappa shape index (κ2) is 6.89. The summed E-state index contributed by atoms with van der Waals surface area (Å²) in [5, 5.41) is 13.6. The molecule has 1 aromatic heterocycles. The summed E-state index contributed by atoms with van der Waals surface area (Å²) in [6.45, 7) is 4.38. The summed E-state index contributed by atoms with van der Waals surface area (Å²) in [5.74, 6) is 0. The number of halogens is 1. The lowest BCUT2D eigenvalue weighted by Gasteiger charge is -2.28. The number of β-amino-alcohol motifs (C(OH)–C–C–N with tert-alkyl or cyclic N) is 1. The maximum Gasteiger partial charge on any atom is 0.0839 e. The number of rotatable bonds is 5. The molecule has 0 bridgehead atoms. The van der Waals surface area contributed by atoms with Crippen LogP contribution in [-0.4, -0.2) is 60.5 Å². The first-order valence-corrected chi connectivity index (χ1v) is 6.45. The Bertz CT molecular complexity index is 372. The van der Waals surface area contributed by atoms with Crippen molar-refractivity contribution < 1.29 is 9.84 Å². The molecule has 0 amide bonds. The van der Waals surface area contributed by atoms with E-state index in [0.29, 0.717) is 18.1 Å². The molecular formula is C12H18ClN3O2. The molecule has 2 N–H and O–H groups in total. The standard InChI is InChI=1S/C12H18ClN3O2/c13-11-8-14-2-1-12(11)15-7-10(17)9-16-3-5-18-6-4-16/h1-2,8,10,17H,3-7,9H2,(H,14,15)/t10-/m0/s1. The number of aliphatic hydroxyl groups excluding tert-OH is 1. The van der Waals surface area contributed by atoms with Crippen LogP contribution in [0.1, 0.15) is 0 Å². The zero-order valence-corrected chi connectivity index (χ0v) is 10.9. The number of anilines is 1. The third-order valence-corrected chi connectivity index (χ3v) is 3.17. The number of hydrogen-bond donors (Lipinski definition) is 2. The maximum absolute atomic E-state index is 9.95. The first-order chi connectivity index (χ1) is 8.75. The Balaban J connectivity index is 1.74. The van der Waals surface area contributed by atoms with Gasteiger partial charge in [-0.25, -0.2) is 0 Å². The molecule has 0 unspecified atom stereocenters. The van der Waals surface area contributed by atoms with Gasteiger partial charge in [0, 0.05) is 38.6 Å². The van der Waals surface area contributed by atoms with Gasteiger partial charge in [0.15, 0.2) is 0 Å². The number of aromatic nitrogens is 1. The van der Waals surface area contributed by atoms with Crippen molar-refractivity contribution in [1.29, 1.82) is 0 Å². The molecule has 0 saturated carbocycles. The zero-order valence-electron chi connectivity index (χ0n) is 10.2. The minimum atomic E-state index is -0.424. The third kappa shape index (κ3) is 4.10. The molecule has 1 atom stereocenters. The predicted molar refractivity (Wildman–Crippen MR) is 71.0 cm³/mol. The SMILES string of the molecule is O[C@@H](CNc1ccncc1Cl)CN1CCOCC1. The Hall–Kier alpha value is -0.880. The highest BCUT2D eigenvalue weighted by molar-refractivity contribution is 6.33. The summed E-state index contributed by atoms with van der Waals surface area (Å²) in [6.07, 6.45) is 2.83. The van der Waals surface area contributed by atoms with Crippen LogP contribution in [0.25, 0.3) is 0 Å². The minimum absolute atomic E-state index is 0.424. The molecule has 0 aliphatic carbocycles. The van der Waals surface area contributed by atoms with Crippen LogP contribution < -0.4 is 5.32 Å². The van der Waals surface area contributed by atoms with Crippen molar-refractivity contribution in [2.45, 2.75) is 6.10 Å². The van der Waals surface area contributed by atoms with Crippen molar-refractivity contribution in [1.82, 2.24) is 9.88 Å². The Morgan fingerprint density at radius 3 is 3.00 bits per heavy atom. The topological polar surface area (TPSA) is 57.6 Å². The summed E-state index contributed by atoms with van der Waals surface area (Å²) >= 11 is 5.97. The summed E-state index contributed by atoms with van der Waals surface area (Å²) in [6, 6.07) is 1.80. The van der Waals surface area contributed by atoms with Gasteiger partial charge in [0.2, 0.25) is 0 Å². The second-order valence-electron chi connectivity index (χ2n) is 4.30. The summed E-state index contributed by atoms with van der Waals surface area (Å²) in [7, 11) is 0. The van der Waals surface area contributed by atoms with E-state index in [-0.39, 0.29) is 0 Å². The number of ether oxygens (including phenoxy) is 1. The first kappa shape index (κ1) is 13.5. The molecular weight excluding hydrogens is 254 g/mol. The van der Waals surface area contributed by atoms with Gasteiger partial charge in [-0.3, -0.25) is 9.88 Å². The van der Waals surface area contributed by atoms with E-state index in [1.807, 2.05) is 0 Å². The third-order valence-electron chi connectivity index (χ3n) is 2.87. The average molecular weight is 272 g/mol. The molecule has 18 heavy (non-hydrogen) atoms. The van der Waals surface area contributed by atoms with E-state index in [1.54, 1.807) is 18.5 Å². The van der Waals surface area contributed by atoms with Crippen LogP contribution in [0.5, 0.6) is 0 Å². The lowest BCUT2D eigenvalue weighted by molar-refractivity contribution is 0.0171. The highest BCUT2D eigenvalue weighted by Crippen LogP contribution is 2.18. The van der Waals surface area contributed by atoms with Gasteiger partial charge in [-0.1, -0.05) is 11.6 Å². The number of morpholine rings is 1. The number of pyridine rings is 1. The van der Waals surface area contributed by atoms with Crippen molar-refractivity contribution >= 4 is 17.3 Å². The van der Waals surface area contributed by atoms with Crippen LogP contribution in [0, 0.1) is 0 Å². The van der Waals surface area contributed by atoms with Gasteiger partial charge in [0.1, 0.15) is 0 Å². The highest BCUT2D eigenvalue weighted by atomic mass is 35.5. The lowest BCUT2D eigenvalue weighted by Crippen LogP contribution is -2.42. The van der Waals surface area contributed by atoms with E-state index < -0.39 is 6.10 Å². The molecule has 100 valence electrons. The fourth-order valence-corrected chi connectivity index (χ4v) is 2.08. The number of hydrogen-bond acceptors (Lipinski definition) is 5. The fourth-order valence-electron chi connectivity index (χ4n) is 1.89. The quantitative estimate of drug-likeness (QED) is 0.831. The first-order valence-electron chi connectivity index (χ1n) is 6.07. The van der Waals surface area contributed by atoms with Crippen molar-refractivity contribution in [3.05, 3.63) is 23.5 Å². The zero-order chi connectivity index (χ0) is 12.8. The van der Waals surface area contributed by atoms with Crippen LogP contribution in [0.3, 0.4) is 0 Å². The number of nitrogens with zero attached hydrogens (tertiary/aromatic N) is 2. The average Bonchev–Trinajstić information content (AvgIpc) is 2.39. The van der Waals surface area contributed by atoms with Crippen molar-refractivity contribution in [2.24, 2.45) is 0 Å². The molecule has 1 aliphatic heterocycles. The van der Waals surface area contributed by atoms with Gasteiger partial charge < -0.3 is 15.2 Å². The molecule has 6 heteroatoms. The molecule has 0 spiro atoms. The predicted octanol–water partition coefficient (Wildman–Crippen LogP) is 0.840. The van der Waals surface area contributed by atoms with Gasteiger partial charge in [-0.2, -0.15) is 0 Å². The molecule has 2 rings (SSSR count). The molecule has 1 aliphatic rings. The molecule has 1 fully saturated rings. The van der Waals surface area contributed by atoms with Gasteiger partial charge in [0.05, 0.1) is 30.0 Å². The molecule has 0 aromatic carbocycles. The molecule has 0 radical (unpaired) electrons. The summed E-state index contributed by atoms with van der Waals surface area (Å²) in [5.41, 5.74) is 0.799. The summed E-state index contributed by atoms with van der Waals surface area (Å²) < 4.78 is 5.26. The minimum Gasteiger partial charge on any atom is -0.390 e. The van der Waals surface area contributed by atoms with E-state index in [4.69, 9.17) is 16.3 Å². The van der Waals surface area contributed by atoms with E-state index in [0.717, 1.165) is 32.0 Å². The van der Waals surface area contributed by atoms with Gasteiger partial charge in [0.25, 0.3) is 0 Å². The Morgan fingerprint density at radius 1 is 1.50 bits per heavy atom. The van der Waals surface area contributed by atoms with E-state index in [9.17, 15) is 5.11 Å². The van der Waals surface area contributed by atoms with E-state index in [2.05, 4.69) is 15.2 Å². The largest absolute Gasteiger partial charge is 0.390 e. The van der Waals surface area contributed by atoms with Crippen LogP contribution in [0.4, 0.5) is 5.69 Å². The fraction of sp³-hybridized carbons (Fsp3) is 0.583. The van der Waals surface area contributed by atoms with Crippen LogP contribution in [-0.2, 0) is 4.74 Å². The van der Waals surface area contributed by atoms with Crippen molar-refractivity contribution in [2.75, 3.05) is 44.7 Å². The molecule has 1 saturated heterocycles. The van der Waals surface area contributed by atoms with Gasteiger partial charge in [-0.15, -0.1) is 0 Å². The number of aliphatic hydroxyl groups is 1. The van der Waals surface area contributed by atoms with Crippen molar-refractivity contribution in [3.8, 4) is 0 Å². The van der Waals surface area contributed by atoms with Gasteiger partial charge >= 0.3 is 0 Å². The Kier molecular flexibility index (Phi) is 5.19. The van der Waals surface area contributed by atoms with Crippen molar-refractivity contribution in [3.63, 3.8) is 0 Å². The highest BCUT2D eigenvalue weighted by Gasteiger charge is 2.14. The van der Waals surface area contributed by atoms with E-state index >= 15 is 0 Å².